The zero-order valence-corrected chi connectivity index (χ0v) is 14.7. The van der Waals surface area contributed by atoms with Crippen molar-refractivity contribution in [2.75, 3.05) is 26.2 Å². The molecule has 3 N–H and O–H groups in total. The highest BCUT2D eigenvalue weighted by Gasteiger charge is 2.38. The number of likely N-dealkylation sites (tertiary alicyclic amines) is 1. The molecule has 7 nitrogen and oxygen atoms in total. The van der Waals surface area contributed by atoms with Gasteiger partial charge in [-0.1, -0.05) is 6.07 Å². The minimum atomic E-state index is -0.897. The molecule has 3 rings (SSSR count). The second-order valence-electron chi connectivity index (χ2n) is 6.78. The Morgan fingerprint density at radius 3 is 2.81 bits per heavy atom. The van der Waals surface area contributed by atoms with Gasteiger partial charge in [0.1, 0.15) is 17.9 Å². The summed E-state index contributed by atoms with van der Waals surface area (Å²) >= 11 is 0. The maximum atomic E-state index is 13.4. The Labute approximate surface area is 151 Å². The Balaban J connectivity index is 1.82. The number of nitrogens with two attached hydrogens (primary N) is 1. The van der Waals surface area contributed by atoms with Gasteiger partial charge in [0.15, 0.2) is 0 Å². The van der Waals surface area contributed by atoms with Crippen molar-refractivity contribution in [3.8, 4) is 0 Å². The van der Waals surface area contributed by atoms with Gasteiger partial charge in [-0.2, -0.15) is 0 Å². The number of hydrogen-bond donors (Lipinski definition) is 2. The molecule has 1 unspecified atom stereocenters. The first-order chi connectivity index (χ1) is 12.4. The fourth-order valence-electron chi connectivity index (χ4n) is 3.58. The van der Waals surface area contributed by atoms with Crippen molar-refractivity contribution in [2.24, 2.45) is 5.73 Å². The molecule has 26 heavy (non-hydrogen) atoms. The Bertz CT molecular complexity index is 739. The number of nitrogens with zero attached hydrogens (tertiary/aromatic N) is 2. The first-order valence-corrected chi connectivity index (χ1v) is 8.76. The molecular formula is C18H23FN4O3. The third-order valence-electron chi connectivity index (χ3n) is 4.93. The van der Waals surface area contributed by atoms with E-state index in [0.717, 1.165) is 6.42 Å². The summed E-state index contributed by atoms with van der Waals surface area (Å²) in [7, 11) is 0. The molecule has 8 heteroatoms. The number of amides is 3. The Morgan fingerprint density at radius 2 is 2.15 bits per heavy atom. The zero-order chi connectivity index (χ0) is 18.8. The number of carbonyl (C=O) groups excluding carboxylic acids is 3. The summed E-state index contributed by atoms with van der Waals surface area (Å²) in [5.41, 5.74) is 7.22. The van der Waals surface area contributed by atoms with Crippen LogP contribution in [0.2, 0.25) is 0 Å². The molecule has 0 aliphatic carbocycles. The van der Waals surface area contributed by atoms with E-state index >= 15 is 0 Å². The Morgan fingerprint density at radius 1 is 1.38 bits per heavy atom. The monoisotopic (exact) mass is 362 g/mol. The van der Waals surface area contributed by atoms with Gasteiger partial charge in [0.2, 0.25) is 17.7 Å². The van der Waals surface area contributed by atoms with Crippen LogP contribution in [0.1, 0.15) is 30.0 Å². The average Bonchev–Trinajstić information content (AvgIpc) is 2.99. The molecule has 0 bridgehead atoms. The molecule has 2 atom stereocenters. The topological polar surface area (TPSA) is 95.7 Å². The van der Waals surface area contributed by atoms with E-state index in [9.17, 15) is 18.8 Å². The van der Waals surface area contributed by atoms with Crippen molar-refractivity contribution in [2.45, 2.75) is 31.8 Å². The van der Waals surface area contributed by atoms with Crippen LogP contribution in [0.3, 0.4) is 0 Å². The normalized spacial score (nSPS) is 21.7. The average molecular weight is 362 g/mol. The first kappa shape index (κ1) is 18.3. The van der Waals surface area contributed by atoms with Crippen LogP contribution in [0.15, 0.2) is 18.2 Å². The molecule has 140 valence electrons. The van der Waals surface area contributed by atoms with Crippen LogP contribution < -0.4 is 11.1 Å². The van der Waals surface area contributed by atoms with E-state index in [2.05, 4.69) is 5.32 Å². The van der Waals surface area contributed by atoms with Gasteiger partial charge in [-0.15, -0.1) is 0 Å². The van der Waals surface area contributed by atoms with Crippen molar-refractivity contribution >= 4 is 17.7 Å². The lowest BCUT2D eigenvalue weighted by Crippen LogP contribution is -2.58. The lowest BCUT2D eigenvalue weighted by Gasteiger charge is -2.37. The van der Waals surface area contributed by atoms with Crippen molar-refractivity contribution in [3.63, 3.8) is 0 Å². The molecule has 2 aliphatic heterocycles. The largest absolute Gasteiger partial charge is 0.352 e. The summed E-state index contributed by atoms with van der Waals surface area (Å²) in [6.07, 6.45) is 1.24. The minimum Gasteiger partial charge on any atom is -0.352 e. The zero-order valence-electron chi connectivity index (χ0n) is 14.7. The molecule has 0 radical (unpaired) electrons. The summed E-state index contributed by atoms with van der Waals surface area (Å²) in [6, 6.07) is 2.39. The first-order valence-electron chi connectivity index (χ1n) is 8.76. The fraction of sp³-hybridized carbons (Fsp3) is 0.500. The van der Waals surface area contributed by atoms with E-state index in [4.69, 9.17) is 5.73 Å². The lowest BCUT2D eigenvalue weighted by molar-refractivity contribution is -0.145. The summed E-state index contributed by atoms with van der Waals surface area (Å²) < 4.78 is 13.4. The summed E-state index contributed by atoms with van der Waals surface area (Å²) in [5, 5.41) is 2.74. The SMILES string of the molecule is Cc1cc(F)ccc1C1C(=O)NCCN1C(=O)[C@@H](N)CN1CCCC1=O. The number of hydrogen-bond acceptors (Lipinski definition) is 4. The predicted octanol–water partition coefficient (Wildman–Crippen LogP) is 0.0833. The molecule has 1 aromatic carbocycles. The van der Waals surface area contributed by atoms with Gasteiger partial charge in [-0.3, -0.25) is 14.4 Å². The molecule has 1 aromatic rings. The van der Waals surface area contributed by atoms with Gasteiger partial charge in [0, 0.05) is 32.6 Å². The second-order valence-corrected chi connectivity index (χ2v) is 6.78. The standard InChI is InChI=1S/C18H23FN4O3/c1-11-9-12(19)4-5-13(11)16-17(25)21-6-8-23(16)18(26)14(20)10-22-7-2-3-15(22)24/h4-5,9,14,16H,2-3,6-8,10,20H2,1H3,(H,21,25)/t14-,16?/m0/s1. The van der Waals surface area contributed by atoms with Gasteiger partial charge in [0.25, 0.3) is 0 Å². The summed E-state index contributed by atoms with van der Waals surface area (Å²) in [5.74, 6) is -1.10. The third kappa shape index (κ3) is 3.55. The molecule has 2 aliphatic rings. The second kappa shape index (κ2) is 7.41. The number of aryl methyl sites for hydroxylation is 1. The smallest absolute Gasteiger partial charge is 0.247 e. The molecule has 0 saturated carbocycles. The van der Waals surface area contributed by atoms with E-state index in [-0.39, 0.29) is 24.3 Å². The predicted molar refractivity (Wildman–Crippen MR) is 92.4 cm³/mol. The quantitative estimate of drug-likeness (QED) is 0.793. The van der Waals surface area contributed by atoms with Crippen molar-refractivity contribution < 1.29 is 18.8 Å². The number of benzene rings is 1. The summed E-state index contributed by atoms with van der Waals surface area (Å²) in [6.45, 7) is 3.09. The minimum absolute atomic E-state index is 0.00411. The van der Waals surface area contributed by atoms with Crippen LogP contribution in [0.5, 0.6) is 0 Å². The number of piperazine rings is 1. The fourth-order valence-corrected chi connectivity index (χ4v) is 3.58. The highest BCUT2D eigenvalue weighted by atomic mass is 19.1. The van der Waals surface area contributed by atoms with Gasteiger partial charge >= 0.3 is 0 Å². The molecule has 2 fully saturated rings. The Hall–Kier alpha value is -2.48. The summed E-state index contributed by atoms with van der Waals surface area (Å²) in [4.78, 5) is 40.2. The molecule has 2 saturated heterocycles. The third-order valence-corrected chi connectivity index (χ3v) is 4.93. The maximum absolute atomic E-state index is 13.4. The number of halogens is 1. The maximum Gasteiger partial charge on any atom is 0.247 e. The van der Waals surface area contributed by atoms with Crippen LogP contribution in [0, 0.1) is 12.7 Å². The van der Waals surface area contributed by atoms with Crippen molar-refractivity contribution in [1.29, 1.82) is 0 Å². The molecule has 2 heterocycles. The lowest BCUT2D eigenvalue weighted by atomic mass is 9.97. The molecular weight excluding hydrogens is 339 g/mol. The number of rotatable bonds is 4. The van der Waals surface area contributed by atoms with Crippen molar-refractivity contribution in [3.05, 3.63) is 35.1 Å². The molecule has 0 spiro atoms. The van der Waals surface area contributed by atoms with E-state index in [1.807, 2.05) is 0 Å². The number of nitrogens with one attached hydrogen (secondary N) is 1. The van der Waals surface area contributed by atoms with Crippen LogP contribution in [0.25, 0.3) is 0 Å². The van der Waals surface area contributed by atoms with E-state index in [1.165, 1.54) is 23.1 Å². The van der Waals surface area contributed by atoms with Gasteiger partial charge in [-0.05, 0) is 36.6 Å². The van der Waals surface area contributed by atoms with E-state index in [0.29, 0.717) is 37.2 Å². The van der Waals surface area contributed by atoms with Crippen molar-refractivity contribution in [1.82, 2.24) is 15.1 Å². The van der Waals surface area contributed by atoms with Gasteiger partial charge in [-0.25, -0.2) is 4.39 Å². The number of carbonyl (C=O) groups is 3. The van der Waals surface area contributed by atoms with E-state index in [1.54, 1.807) is 11.8 Å². The van der Waals surface area contributed by atoms with E-state index < -0.39 is 17.9 Å². The van der Waals surface area contributed by atoms with Gasteiger partial charge in [0.05, 0.1) is 0 Å². The van der Waals surface area contributed by atoms with Gasteiger partial charge < -0.3 is 20.9 Å². The van der Waals surface area contributed by atoms with Crippen LogP contribution in [-0.4, -0.2) is 59.7 Å². The Kier molecular flexibility index (Phi) is 5.22. The molecule has 3 amide bonds. The highest BCUT2D eigenvalue weighted by molar-refractivity contribution is 5.92. The molecule has 0 aromatic heterocycles. The van der Waals surface area contributed by atoms with Crippen LogP contribution in [-0.2, 0) is 14.4 Å². The van der Waals surface area contributed by atoms with Crippen LogP contribution >= 0.6 is 0 Å². The highest BCUT2D eigenvalue weighted by Crippen LogP contribution is 2.27. The van der Waals surface area contributed by atoms with Crippen LogP contribution in [0.4, 0.5) is 4.39 Å².